The van der Waals surface area contributed by atoms with E-state index in [9.17, 15) is 8.42 Å². The Hall–Kier alpha value is -1.34. The third-order valence-electron chi connectivity index (χ3n) is 3.53. The summed E-state index contributed by atoms with van der Waals surface area (Å²) in [6.45, 7) is 3.68. The molecule has 7 heteroatoms. The number of fused-ring (bicyclic) bond motifs is 1. The largest absolute Gasteiger partial charge is 0.497 e. The van der Waals surface area contributed by atoms with Crippen molar-refractivity contribution >= 4 is 33.1 Å². The van der Waals surface area contributed by atoms with Gasteiger partial charge in [-0.05, 0) is 38.2 Å². The summed E-state index contributed by atoms with van der Waals surface area (Å²) in [5, 5.41) is 0. The highest BCUT2D eigenvalue weighted by molar-refractivity contribution is 7.92. The molecule has 0 aliphatic heterocycles. The van der Waals surface area contributed by atoms with Crippen molar-refractivity contribution in [2.45, 2.75) is 25.1 Å². The van der Waals surface area contributed by atoms with Gasteiger partial charge in [0.15, 0.2) is 14.6 Å². The predicted molar refractivity (Wildman–Crippen MR) is 82.6 cm³/mol. The number of H-pyrrole nitrogens is 1. The van der Waals surface area contributed by atoms with Crippen LogP contribution in [0.4, 0.5) is 0 Å². The van der Waals surface area contributed by atoms with Crippen molar-refractivity contribution < 1.29 is 13.2 Å². The molecule has 1 N–H and O–H groups in total. The molecule has 110 valence electrons. The Balaban J connectivity index is 2.60. The number of imidazole rings is 1. The van der Waals surface area contributed by atoms with E-state index in [-0.39, 0.29) is 6.54 Å². The number of benzene rings is 1. The molecule has 1 heterocycles. The molecule has 0 radical (unpaired) electrons. The zero-order valence-corrected chi connectivity index (χ0v) is 13.6. The third-order valence-corrected chi connectivity index (χ3v) is 5.98. The quantitative estimate of drug-likeness (QED) is 0.881. The zero-order valence-electron chi connectivity index (χ0n) is 11.9. The van der Waals surface area contributed by atoms with Crippen LogP contribution in [0.3, 0.4) is 0 Å². The van der Waals surface area contributed by atoms with Gasteiger partial charge in [-0.15, -0.1) is 0 Å². The minimum Gasteiger partial charge on any atom is -0.497 e. The summed E-state index contributed by atoms with van der Waals surface area (Å²) in [5.74, 6) is 0.706. The maximum atomic E-state index is 11.9. The van der Waals surface area contributed by atoms with Gasteiger partial charge in [-0.2, -0.15) is 0 Å². The number of aromatic nitrogens is 2. The first-order valence-corrected chi connectivity index (χ1v) is 8.42. The van der Waals surface area contributed by atoms with E-state index in [0.29, 0.717) is 10.5 Å². The van der Waals surface area contributed by atoms with Crippen LogP contribution in [0.5, 0.6) is 5.75 Å². The first kappa shape index (κ1) is 15.1. The van der Waals surface area contributed by atoms with Crippen molar-refractivity contribution in [3.63, 3.8) is 0 Å². The lowest BCUT2D eigenvalue weighted by molar-refractivity contribution is 0.415. The summed E-state index contributed by atoms with van der Waals surface area (Å²) < 4.78 is 30.3. The van der Waals surface area contributed by atoms with Crippen LogP contribution in [0.2, 0.25) is 0 Å². The SMILES string of the molecule is COc1ccc2[nH]c(=S)n(CC(C)(C)S(C)(=O)=O)c2c1. The molecule has 0 bridgehead atoms. The fraction of sp³-hybridized carbons (Fsp3) is 0.462. The fourth-order valence-electron chi connectivity index (χ4n) is 1.91. The second kappa shape index (κ2) is 4.89. The fourth-order valence-corrected chi connectivity index (χ4v) is 2.55. The van der Waals surface area contributed by atoms with Crippen LogP contribution in [0.1, 0.15) is 13.8 Å². The van der Waals surface area contributed by atoms with Crippen molar-refractivity contribution in [3.05, 3.63) is 23.0 Å². The van der Waals surface area contributed by atoms with E-state index in [4.69, 9.17) is 17.0 Å². The maximum absolute atomic E-state index is 11.9. The number of nitrogens with one attached hydrogen (secondary N) is 1. The van der Waals surface area contributed by atoms with Crippen LogP contribution in [0, 0.1) is 4.77 Å². The van der Waals surface area contributed by atoms with Crippen molar-refractivity contribution in [3.8, 4) is 5.75 Å². The van der Waals surface area contributed by atoms with E-state index in [1.807, 2.05) is 18.2 Å². The number of nitrogens with zero attached hydrogens (tertiary/aromatic N) is 1. The number of hydrogen-bond donors (Lipinski definition) is 1. The Labute approximate surface area is 123 Å². The molecule has 2 rings (SSSR count). The van der Waals surface area contributed by atoms with Gasteiger partial charge in [-0.3, -0.25) is 0 Å². The van der Waals surface area contributed by atoms with Gasteiger partial charge in [0.2, 0.25) is 0 Å². The summed E-state index contributed by atoms with van der Waals surface area (Å²) in [7, 11) is -1.60. The first-order valence-electron chi connectivity index (χ1n) is 6.12. The molecule has 0 aliphatic carbocycles. The minimum absolute atomic E-state index is 0.290. The van der Waals surface area contributed by atoms with E-state index in [2.05, 4.69) is 4.98 Å². The highest BCUT2D eigenvalue weighted by Gasteiger charge is 2.31. The Morgan fingerprint density at radius 3 is 2.60 bits per heavy atom. The number of aromatic amines is 1. The molecule has 0 unspecified atom stereocenters. The van der Waals surface area contributed by atoms with Crippen LogP contribution in [0.25, 0.3) is 11.0 Å². The molecule has 2 aromatic rings. The molecule has 0 fully saturated rings. The normalized spacial score (nSPS) is 12.8. The van der Waals surface area contributed by atoms with Crippen LogP contribution in [-0.4, -0.2) is 36.1 Å². The van der Waals surface area contributed by atoms with E-state index >= 15 is 0 Å². The monoisotopic (exact) mass is 314 g/mol. The lowest BCUT2D eigenvalue weighted by Crippen LogP contribution is -2.35. The number of hydrogen-bond acceptors (Lipinski definition) is 4. The van der Waals surface area contributed by atoms with Gasteiger partial charge in [-0.25, -0.2) is 8.42 Å². The Morgan fingerprint density at radius 1 is 1.40 bits per heavy atom. The molecule has 0 saturated heterocycles. The summed E-state index contributed by atoms with van der Waals surface area (Å²) in [5.41, 5.74) is 1.70. The van der Waals surface area contributed by atoms with E-state index < -0.39 is 14.6 Å². The Morgan fingerprint density at radius 2 is 2.05 bits per heavy atom. The summed E-state index contributed by atoms with van der Waals surface area (Å²) in [6, 6.07) is 5.55. The number of methoxy groups -OCH3 is 1. The molecule has 0 spiro atoms. The number of sulfone groups is 1. The van der Waals surface area contributed by atoms with Crippen LogP contribution in [0.15, 0.2) is 18.2 Å². The van der Waals surface area contributed by atoms with E-state index in [0.717, 1.165) is 11.0 Å². The predicted octanol–water partition coefficient (Wildman–Crippen LogP) is 2.53. The van der Waals surface area contributed by atoms with Gasteiger partial charge in [0, 0.05) is 18.9 Å². The second-order valence-corrected chi connectivity index (χ2v) is 8.47. The highest BCUT2D eigenvalue weighted by atomic mass is 32.2. The topological polar surface area (TPSA) is 64.1 Å². The standard InChI is InChI=1S/C13H18N2O3S2/c1-13(2,20(4,16)17)8-15-11-7-9(18-3)5-6-10(11)14-12(15)19/h5-7H,8H2,1-4H3,(H,14,19). The van der Waals surface area contributed by atoms with Gasteiger partial charge in [0.1, 0.15) is 5.75 Å². The van der Waals surface area contributed by atoms with Crippen molar-refractivity contribution in [1.29, 1.82) is 0 Å². The van der Waals surface area contributed by atoms with Gasteiger partial charge in [0.25, 0.3) is 0 Å². The van der Waals surface area contributed by atoms with Crippen LogP contribution >= 0.6 is 12.2 Å². The summed E-state index contributed by atoms with van der Waals surface area (Å²) >= 11 is 5.30. The van der Waals surface area contributed by atoms with Crippen LogP contribution in [-0.2, 0) is 16.4 Å². The highest BCUT2D eigenvalue weighted by Crippen LogP contribution is 2.25. The van der Waals surface area contributed by atoms with Gasteiger partial charge >= 0.3 is 0 Å². The summed E-state index contributed by atoms with van der Waals surface area (Å²) in [4.78, 5) is 3.08. The minimum atomic E-state index is -3.19. The molecule has 1 aromatic carbocycles. The lowest BCUT2D eigenvalue weighted by Gasteiger charge is -2.23. The van der Waals surface area contributed by atoms with E-state index in [1.54, 1.807) is 25.5 Å². The van der Waals surface area contributed by atoms with Crippen molar-refractivity contribution in [2.75, 3.05) is 13.4 Å². The van der Waals surface area contributed by atoms with Gasteiger partial charge in [-0.1, -0.05) is 0 Å². The van der Waals surface area contributed by atoms with Gasteiger partial charge < -0.3 is 14.3 Å². The third kappa shape index (κ3) is 2.60. The average molecular weight is 314 g/mol. The molecule has 0 atom stereocenters. The van der Waals surface area contributed by atoms with E-state index in [1.165, 1.54) is 6.26 Å². The van der Waals surface area contributed by atoms with Gasteiger partial charge in [0.05, 0.1) is 22.9 Å². The smallest absolute Gasteiger partial charge is 0.178 e. The summed E-state index contributed by atoms with van der Waals surface area (Å²) in [6.07, 6.45) is 1.24. The Bertz CT molecular complexity index is 801. The molecule has 0 saturated carbocycles. The molecule has 5 nitrogen and oxygen atoms in total. The van der Waals surface area contributed by atoms with Crippen molar-refractivity contribution in [1.82, 2.24) is 9.55 Å². The van der Waals surface area contributed by atoms with Crippen molar-refractivity contribution in [2.24, 2.45) is 0 Å². The molecule has 1 aromatic heterocycles. The zero-order chi connectivity index (χ0) is 15.1. The average Bonchev–Trinajstić information content (AvgIpc) is 2.63. The second-order valence-electron chi connectivity index (χ2n) is 5.43. The molecule has 0 aliphatic rings. The number of ether oxygens (including phenoxy) is 1. The molecular formula is C13H18N2O3S2. The van der Waals surface area contributed by atoms with Crippen LogP contribution < -0.4 is 4.74 Å². The number of rotatable bonds is 4. The first-order chi connectivity index (χ1) is 9.15. The maximum Gasteiger partial charge on any atom is 0.178 e. The molecule has 0 amide bonds. The molecule has 20 heavy (non-hydrogen) atoms. The molecular weight excluding hydrogens is 296 g/mol. The lowest BCUT2D eigenvalue weighted by atomic mass is 10.2. The Kier molecular flexibility index (Phi) is 3.68.